The molecule has 1 aromatic carbocycles. The second kappa shape index (κ2) is 4.94. The first kappa shape index (κ1) is 15.1. The first-order valence-corrected chi connectivity index (χ1v) is 9.05. The standard InChI is InChI=1S/C20H22N2O3/c1-25-17(24)13-11-19(12-23)7-4-9-22-10-8-20(18(19)22)14-5-2-3-6-15(14)21-16(13)20/h2-3,5-6,12,18,21H,4,7-11H2,1H3/t18-,19-,20-/m0/s1. The number of ether oxygens (including phenoxy) is 1. The van der Waals surface area contributed by atoms with Crippen LogP contribution in [0.3, 0.4) is 0 Å². The van der Waals surface area contributed by atoms with E-state index in [0.717, 1.165) is 50.0 Å². The third kappa shape index (κ3) is 1.67. The minimum atomic E-state index is -0.499. The van der Waals surface area contributed by atoms with E-state index >= 15 is 0 Å². The number of nitrogens with one attached hydrogen (secondary N) is 1. The Morgan fingerprint density at radius 2 is 2.16 bits per heavy atom. The lowest BCUT2D eigenvalue weighted by molar-refractivity contribution is -0.138. The number of para-hydroxylation sites is 1. The molecule has 3 heterocycles. The number of aldehydes is 1. The molecule has 130 valence electrons. The van der Waals surface area contributed by atoms with Gasteiger partial charge in [-0.25, -0.2) is 4.79 Å². The Bertz CT molecular complexity index is 817. The van der Waals surface area contributed by atoms with Crippen LogP contribution in [-0.2, 0) is 19.7 Å². The molecule has 0 unspecified atom stereocenters. The van der Waals surface area contributed by atoms with Crippen molar-refractivity contribution in [1.82, 2.24) is 4.90 Å². The van der Waals surface area contributed by atoms with Gasteiger partial charge in [0.05, 0.1) is 18.1 Å². The molecule has 1 aromatic rings. The van der Waals surface area contributed by atoms with E-state index in [1.54, 1.807) is 0 Å². The van der Waals surface area contributed by atoms with Crippen LogP contribution in [0.25, 0.3) is 0 Å². The largest absolute Gasteiger partial charge is 0.466 e. The molecule has 2 saturated heterocycles. The smallest absolute Gasteiger partial charge is 0.335 e. The number of rotatable bonds is 2. The van der Waals surface area contributed by atoms with Crippen molar-refractivity contribution in [2.75, 3.05) is 25.5 Å². The van der Waals surface area contributed by atoms with E-state index in [0.29, 0.717) is 12.0 Å². The van der Waals surface area contributed by atoms with E-state index < -0.39 is 5.41 Å². The van der Waals surface area contributed by atoms with Gasteiger partial charge in [0, 0.05) is 22.8 Å². The van der Waals surface area contributed by atoms with Crippen LogP contribution in [-0.4, -0.2) is 43.4 Å². The highest BCUT2D eigenvalue weighted by atomic mass is 16.5. The van der Waals surface area contributed by atoms with Crippen LogP contribution in [0.4, 0.5) is 5.69 Å². The van der Waals surface area contributed by atoms with Crippen molar-refractivity contribution in [2.24, 2.45) is 5.41 Å². The maximum atomic E-state index is 12.6. The van der Waals surface area contributed by atoms with Crippen molar-refractivity contribution < 1.29 is 14.3 Å². The molecular formula is C20H22N2O3. The average Bonchev–Trinajstić information content (AvgIpc) is 3.21. The monoisotopic (exact) mass is 338 g/mol. The lowest BCUT2D eigenvalue weighted by Gasteiger charge is -2.53. The quantitative estimate of drug-likeness (QED) is 0.662. The zero-order valence-electron chi connectivity index (χ0n) is 14.4. The maximum absolute atomic E-state index is 12.6. The van der Waals surface area contributed by atoms with Crippen LogP contribution >= 0.6 is 0 Å². The normalized spacial score (nSPS) is 35.5. The molecule has 1 spiro atoms. The highest BCUT2D eigenvalue weighted by Gasteiger charge is 2.66. The molecule has 1 N–H and O–H groups in total. The van der Waals surface area contributed by atoms with Crippen molar-refractivity contribution in [2.45, 2.75) is 37.1 Å². The summed E-state index contributed by atoms with van der Waals surface area (Å²) in [6.45, 7) is 2.00. The molecule has 3 aliphatic heterocycles. The number of fused-ring (bicyclic) bond motifs is 1. The minimum Gasteiger partial charge on any atom is -0.466 e. The molecule has 0 radical (unpaired) electrons. The summed E-state index contributed by atoms with van der Waals surface area (Å²) in [6, 6.07) is 8.42. The van der Waals surface area contributed by atoms with Gasteiger partial charge in [-0.1, -0.05) is 18.2 Å². The van der Waals surface area contributed by atoms with Gasteiger partial charge >= 0.3 is 5.97 Å². The first-order chi connectivity index (χ1) is 12.2. The van der Waals surface area contributed by atoms with Gasteiger partial charge in [0.2, 0.25) is 0 Å². The first-order valence-electron chi connectivity index (χ1n) is 9.05. The Morgan fingerprint density at radius 1 is 1.32 bits per heavy atom. The Kier molecular flexibility index (Phi) is 2.99. The fourth-order valence-electron chi connectivity index (χ4n) is 6.06. The Balaban J connectivity index is 1.83. The molecule has 25 heavy (non-hydrogen) atoms. The molecule has 5 nitrogen and oxygen atoms in total. The summed E-state index contributed by atoms with van der Waals surface area (Å²) in [5.74, 6) is -0.307. The maximum Gasteiger partial charge on any atom is 0.335 e. The van der Waals surface area contributed by atoms with Crippen molar-refractivity contribution in [3.05, 3.63) is 41.1 Å². The number of anilines is 1. The minimum absolute atomic E-state index is 0.130. The van der Waals surface area contributed by atoms with Gasteiger partial charge in [0.15, 0.2) is 0 Å². The van der Waals surface area contributed by atoms with E-state index in [2.05, 4.69) is 28.4 Å². The van der Waals surface area contributed by atoms with E-state index in [9.17, 15) is 9.59 Å². The van der Waals surface area contributed by atoms with Crippen molar-refractivity contribution in [1.29, 1.82) is 0 Å². The number of hydrogen-bond donors (Lipinski definition) is 1. The Hall–Kier alpha value is -2.14. The summed E-state index contributed by atoms with van der Waals surface area (Å²) in [6.07, 6.45) is 4.40. The summed E-state index contributed by atoms with van der Waals surface area (Å²) in [5.41, 5.74) is 3.14. The number of piperidine rings is 1. The van der Waals surface area contributed by atoms with Gasteiger partial charge in [0.25, 0.3) is 0 Å². The van der Waals surface area contributed by atoms with E-state index in [4.69, 9.17) is 4.74 Å². The molecular weight excluding hydrogens is 316 g/mol. The second-order valence-electron chi connectivity index (χ2n) is 7.81. The molecule has 0 amide bonds. The van der Waals surface area contributed by atoms with Gasteiger partial charge in [-0.3, -0.25) is 4.90 Å². The van der Waals surface area contributed by atoms with Crippen LogP contribution < -0.4 is 5.32 Å². The van der Waals surface area contributed by atoms with Crippen LogP contribution in [0, 0.1) is 5.41 Å². The number of methoxy groups -OCH3 is 1. The number of benzene rings is 1. The molecule has 0 bridgehead atoms. The van der Waals surface area contributed by atoms with Crippen LogP contribution in [0.15, 0.2) is 35.5 Å². The molecule has 3 atom stereocenters. The second-order valence-corrected chi connectivity index (χ2v) is 7.81. The molecule has 0 saturated carbocycles. The van der Waals surface area contributed by atoms with Crippen LogP contribution in [0.2, 0.25) is 0 Å². The lowest BCUT2D eigenvalue weighted by atomic mass is 9.55. The van der Waals surface area contributed by atoms with Crippen LogP contribution in [0.1, 0.15) is 31.2 Å². The van der Waals surface area contributed by atoms with Gasteiger partial charge in [-0.05, 0) is 50.4 Å². The number of hydrogen-bond acceptors (Lipinski definition) is 5. The summed E-state index contributed by atoms with van der Waals surface area (Å²) >= 11 is 0. The van der Waals surface area contributed by atoms with Gasteiger partial charge in [0.1, 0.15) is 6.29 Å². The predicted octanol–water partition coefficient (Wildman–Crippen LogP) is 2.23. The molecule has 5 heteroatoms. The lowest BCUT2D eigenvalue weighted by Crippen LogP contribution is -2.60. The van der Waals surface area contributed by atoms with Crippen molar-refractivity contribution in [3.63, 3.8) is 0 Å². The van der Waals surface area contributed by atoms with Gasteiger partial charge in [-0.2, -0.15) is 0 Å². The Morgan fingerprint density at radius 3 is 2.96 bits per heavy atom. The van der Waals surface area contributed by atoms with Crippen LogP contribution in [0.5, 0.6) is 0 Å². The fourth-order valence-corrected chi connectivity index (χ4v) is 6.06. The molecule has 1 aliphatic carbocycles. The van der Waals surface area contributed by atoms with Crippen molar-refractivity contribution in [3.8, 4) is 0 Å². The third-order valence-corrected chi connectivity index (χ3v) is 6.85. The third-order valence-electron chi connectivity index (χ3n) is 6.85. The number of nitrogens with zero attached hydrogens (tertiary/aromatic N) is 1. The van der Waals surface area contributed by atoms with Gasteiger partial charge < -0.3 is 14.8 Å². The predicted molar refractivity (Wildman–Crippen MR) is 93.1 cm³/mol. The van der Waals surface area contributed by atoms with E-state index in [1.807, 2.05) is 6.07 Å². The zero-order valence-corrected chi connectivity index (χ0v) is 14.4. The summed E-state index contributed by atoms with van der Waals surface area (Å²) in [7, 11) is 1.42. The van der Waals surface area contributed by atoms with Crippen molar-refractivity contribution >= 4 is 17.9 Å². The molecule has 2 fully saturated rings. The summed E-state index contributed by atoms with van der Waals surface area (Å²) in [5, 5.41) is 3.53. The molecule has 5 rings (SSSR count). The zero-order chi connectivity index (χ0) is 17.2. The number of carbonyl (C=O) groups is 2. The Labute approximate surface area is 147 Å². The summed E-state index contributed by atoms with van der Waals surface area (Å²) < 4.78 is 5.10. The summed E-state index contributed by atoms with van der Waals surface area (Å²) in [4.78, 5) is 27.5. The number of carbonyl (C=O) groups excluding carboxylic acids is 2. The topological polar surface area (TPSA) is 58.6 Å². The SMILES string of the molecule is COC(=O)C1=C2Nc3ccccc3[C@@]23CCN2CCC[C@@](C=O)(C1)[C@H]23. The van der Waals surface area contributed by atoms with E-state index in [-0.39, 0.29) is 17.4 Å². The number of esters is 1. The fraction of sp³-hybridized carbons (Fsp3) is 0.500. The van der Waals surface area contributed by atoms with Gasteiger partial charge in [-0.15, -0.1) is 0 Å². The molecule has 4 aliphatic rings. The van der Waals surface area contributed by atoms with E-state index in [1.165, 1.54) is 12.7 Å². The highest BCUT2D eigenvalue weighted by Crippen LogP contribution is 2.63. The molecule has 0 aromatic heterocycles. The highest BCUT2D eigenvalue weighted by molar-refractivity contribution is 5.94. The average molecular weight is 338 g/mol.